The maximum Gasteiger partial charge on any atom is 0.446 e. The van der Waals surface area contributed by atoms with Crippen molar-refractivity contribution in [1.29, 1.82) is 0 Å². The van der Waals surface area contributed by atoms with Crippen LogP contribution in [0.3, 0.4) is 0 Å². The Morgan fingerprint density at radius 1 is 1.28 bits per heavy atom. The van der Waals surface area contributed by atoms with E-state index >= 15 is 0 Å². The average molecular weight is 357 g/mol. The van der Waals surface area contributed by atoms with Crippen molar-refractivity contribution < 1.29 is 27.1 Å². The van der Waals surface area contributed by atoms with Crippen LogP contribution in [0, 0.1) is 5.82 Å². The molecular weight excluding hydrogens is 347 g/mol. The van der Waals surface area contributed by atoms with Gasteiger partial charge in [0, 0.05) is 6.54 Å². The molecule has 0 amide bonds. The minimum absolute atomic E-state index is 0.0787. The lowest BCUT2D eigenvalue weighted by Gasteiger charge is -2.07. The molecule has 0 spiro atoms. The van der Waals surface area contributed by atoms with Gasteiger partial charge in [-0.25, -0.2) is 27.2 Å². The molecule has 12 heteroatoms. The third-order valence-electron chi connectivity index (χ3n) is 3.10. The smallest absolute Gasteiger partial charge is 0.446 e. The Kier molecular flexibility index (Phi) is 4.52. The van der Waals surface area contributed by atoms with Crippen molar-refractivity contribution in [2.45, 2.75) is 6.43 Å². The summed E-state index contributed by atoms with van der Waals surface area (Å²) in [5.41, 5.74) is 4.22. The highest BCUT2D eigenvalue weighted by Gasteiger charge is 2.25. The van der Waals surface area contributed by atoms with E-state index < -0.39 is 23.6 Å². The van der Waals surface area contributed by atoms with Crippen LogP contribution in [0.15, 0.2) is 32.1 Å². The van der Waals surface area contributed by atoms with Gasteiger partial charge in [0.1, 0.15) is 12.4 Å². The molecular formula is C13H10F3N5O4. The van der Waals surface area contributed by atoms with Crippen molar-refractivity contribution in [3.8, 4) is 23.1 Å². The van der Waals surface area contributed by atoms with E-state index in [1.165, 1.54) is 0 Å². The zero-order valence-corrected chi connectivity index (χ0v) is 12.4. The SMILES string of the molecule is NCCOc1nonc1-c1noc(=O)n1-c1ccc(F)c(C(F)F)c1. The van der Waals surface area contributed by atoms with Gasteiger partial charge in [-0.15, -0.1) is 0 Å². The van der Waals surface area contributed by atoms with Crippen molar-refractivity contribution in [3.05, 3.63) is 40.1 Å². The third kappa shape index (κ3) is 3.10. The quantitative estimate of drug-likeness (QED) is 0.700. The summed E-state index contributed by atoms with van der Waals surface area (Å²) >= 11 is 0. The van der Waals surface area contributed by atoms with E-state index in [1.807, 2.05) is 0 Å². The number of hydrogen-bond donors (Lipinski definition) is 1. The summed E-state index contributed by atoms with van der Waals surface area (Å²) in [4.78, 5) is 11.9. The second-order valence-corrected chi connectivity index (χ2v) is 4.67. The minimum atomic E-state index is -3.07. The normalized spacial score (nSPS) is 11.2. The second-order valence-electron chi connectivity index (χ2n) is 4.67. The van der Waals surface area contributed by atoms with Gasteiger partial charge in [0.25, 0.3) is 12.3 Å². The molecule has 0 aliphatic carbocycles. The Labute approximate surface area is 136 Å². The molecule has 1 aromatic carbocycles. The van der Waals surface area contributed by atoms with Gasteiger partial charge in [0.05, 0.1) is 11.3 Å². The van der Waals surface area contributed by atoms with Gasteiger partial charge in [0.2, 0.25) is 11.5 Å². The fourth-order valence-electron chi connectivity index (χ4n) is 2.03. The summed E-state index contributed by atoms with van der Waals surface area (Å²) in [7, 11) is 0. The van der Waals surface area contributed by atoms with Crippen LogP contribution in [-0.4, -0.2) is 33.2 Å². The molecule has 0 aliphatic heterocycles. The highest BCUT2D eigenvalue weighted by atomic mass is 19.3. The van der Waals surface area contributed by atoms with E-state index in [0.717, 1.165) is 22.8 Å². The number of ether oxygens (including phenoxy) is 1. The number of hydrogen-bond acceptors (Lipinski definition) is 8. The summed E-state index contributed by atoms with van der Waals surface area (Å²) in [6, 6.07) is 2.71. The zero-order valence-electron chi connectivity index (χ0n) is 12.4. The van der Waals surface area contributed by atoms with Crippen molar-refractivity contribution in [2.75, 3.05) is 13.2 Å². The number of nitrogens with two attached hydrogens (primary N) is 1. The number of nitrogens with zero attached hydrogens (tertiary/aromatic N) is 4. The van der Waals surface area contributed by atoms with Crippen LogP contribution >= 0.6 is 0 Å². The Morgan fingerprint density at radius 2 is 2.08 bits per heavy atom. The fraction of sp³-hybridized carbons (Fsp3) is 0.231. The first-order valence-electron chi connectivity index (χ1n) is 6.85. The Morgan fingerprint density at radius 3 is 2.80 bits per heavy atom. The standard InChI is InChI=1S/C13H10F3N5O4/c14-8-2-1-6(5-7(8)10(15)16)21-11(19-24-13(21)22)9-12(20-25-18-9)23-4-3-17/h1-2,5,10H,3-4,17H2. The van der Waals surface area contributed by atoms with Gasteiger partial charge in [-0.3, -0.25) is 4.52 Å². The topological polar surface area (TPSA) is 122 Å². The summed E-state index contributed by atoms with van der Waals surface area (Å²) in [6.07, 6.45) is -3.07. The van der Waals surface area contributed by atoms with Crippen LogP contribution in [-0.2, 0) is 0 Å². The maximum atomic E-state index is 13.5. The van der Waals surface area contributed by atoms with Crippen LogP contribution in [0.25, 0.3) is 17.2 Å². The molecule has 2 aromatic heterocycles. The van der Waals surface area contributed by atoms with E-state index in [9.17, 15) is 18.0 Å². The van der Waals surface area contributed by atoms with Crippen LogP contribution in [0.4, 0.5) is 13.2 Å². The van der Waals surface area contributed by atoms with E-state index in [-0.39, 0.29) is 36.2 Å². The zero-order chi connectivity index (χ0) is 18.0. The molecule has 9 nitrogen and oxygen atoms in total. The lowest BCUT2D eigenvalue weighted by molar-refractivity contribution is 0.146. The second kappa shape index (κ2) is 6.76. The third-order valence-corrected chi connectivity index (χ3v) is 3.10. The largest absolute Gasteiger partial charge is 0.472 e. The number of aromatic nitrogens is 4. The summed E-state index contributed by atoms with van der Waals surface area (Å²) < 4.78 is 54.3. The highest BCUT2D eigenvalue weighted by Crippen LogP contribution is 2.28. The van der Waals surface area contributed by atoms with Gasteiger partial charge < -0.3 is 10.5 Å². The predicted molar refractivity (Wildman–Crippen MR) is 74.9 cm³/mol. The number of halogens is 3. The summed E-state index contributed by atoms with van der Waals surface area (Å²) in [6.45, 7) is 0.253. The Balaban J connectivity index is 2.12. The number of rotatable bonds is 6. The first-order chi connectivity index (χ1) is 12.0. The monoisotopic (exact) mass is 357 g/mol. The van der Waals surface area contributed by atoms with Crippen LogP contribution in [0.1, 0.15) is 12.0 Å². The number of benzene rings is 1. The maximum absolute atomic E-state index is 13.5. The molecule has 0 atom stereocenters. The molecule has 0 bridgehead atoms. The van der Waals surface area contributed by atoms with Crippen molar-refractivity contribution >= 4 is 0 Å². The van der Waals surface area contributed by atoms with Crippen LogP contribution in [0.5, 0.6) is 5.88 Å². The molecule has 3 rings (SSSR count). The van der Waals surface area contributed by atoms with Crippen LogP contribution < -0.4 is 16.2 Å². The molecule has 0 saturated carbocycles. The molecule has 2 N–H and O–H groups in total. The van der Waals surface area contributed by atoms with E-state index in [0.29, 0.717) is 0 Å². The predicted octanol–water partition coefficient (Wildman–Crippen LogP) is 1.29. The molecule has 3 aromatic rings. The Bertz CT molecular complexity index is 936. The lowest BCUT2D eigenvalue weighted by Crippen LogP contribution is -2.15. The lowest BCUT2D eigenvalue weighted by atomic mass is 10.2. The molecule has 0 saturated heterocycles. The van der Waals surface area contributed by atoms with Crippen molar-refractivity contribution in [3.63, 3.8) is 0 Å². The van der Waals surface area contributed by atoms with Gasteiger partial charge in [-0.1, -0.05) is 5.16 Å². The molecule has 132 valence electrons. The molecule has 0 fully saturated rings. The van der Waals surface area contributed by atoms with Gasteiger partial charge >= 0.3 is 5.76 Å². The van der Waals surface area contributed by atoms with E-state index in [2.05, 4.69) is 24.6 Å². The minimum Gasteiger partial charge on any atom is -0.472 e. The van der Waals surface area contributed by atoms with Crippen LogP contribution in [0.2, 0.25) is 0 Å². The van der Waals surface area contributed by atoms with Gasteiger partial charge in [-0.2, -0.15) is 0 Å². The molecule has 0 aliphatic rings. The van der Waals surface area contributed by atoms with Gasteiger partial charge in [0.15, 0.2) is 0 Å². The fourth-order valence-corrected chi connectivity index (χ4v) is 2.03. The summed E-state index contributed by atoms with van der Waals surface area (Å²) in [5, 5.41) is 10.6. The first-order valence-corrected chi connectivity index (χ1v) is 6.85. The first kappa shape index (κ1) is 16.7. The average Bonchev–Trinajstić information content (AvgIpc) is 3.19. The van der Waals surface area contributed by atoms with E-state index in [4.69, 9.17) is 10.5 Å². The number of alkyl halides is 2. The van der Waals surface area contributed by atoms with Gasteiger partial charge in [-0.05, 0) is 28.5 Å². The molecule has 2 heterocycles. The van der Waals surface area contributed by atoms with Crippen molar-refractivity contribution in [1.82, 2.24) is 20.0 Å². The molecule has 0 unspecified atom stereocenters. The summed E-state index contributed by atoms with van der Waals surface area (Å²) in [5.74, 6) is -2.46. The molecule has 0 radical (unpaired) electrons. The Hall–Kier alpha value is -3.15. The molecule has 25 heavy (non-hydrogen) atoms. The highest BCUT2D eigenvalue weighted by molar-refractivity contribution is 5.58. The van der Waals surface area contributed by atoms with Crippen molar-refractivity contribution in [2.24, 2.45) is 5.73 Å². The van der Waals surface area contributed by atoms with E-state index in [1.54, 1.807) is 0 Å².